The third-order valence-electron chi connectivity index (χ3n) is 14.9. The van der Waals surface area contributed by atoms with Crippen LogP contribution in [0.1, 0.15) is 146 Å². The first-order chi connectivity index (χ1) is 30.9. The molecule has 2 aliphatic heterocycles. The smallest absolute Gasteiger partial charge is 0.296 e. The van der Waals surface area contributed by atoms with Crippen LogP contribution in [0.4, 0.5) is 4.39 Å². The van der Waals surface area contributed by atoms with E-state index >= 15 is 4.39 Å². The van der Waals surface area contributed by atoms with Crippen LogP contribution in [-0.2, 0) is 38.2 Å². The number of hydrogen-bond acceptors (Lipinski definition) is 11. The molecule has 14 unspecified atom stereocenters. The van der Waals surface area contributed by atoms with Gasteiger partial charge in [0.05, 0.1) is 30.5 Å². The number of rotatable bonds is 24. The number of piperidine rings is 1. The van der Waals surface area contributed by atoms with Crippen LogP contribution in [0.15, 0.2) is 47.6 Å². The van der Waals surface area contributed by atoms with Gasteiger partial charge in [0.15, 0.2) is 11.6 Å². The second-order valence-corrected chi connectivity index (χ2v) is 20.8. The predicted molar refractivity (Wildman–Crippen MR) is 254 cm³/mol. The summed E-state index contributed by atoms with van der Waals surface area (Å²) in [5.74, 6) is -7.23. The van der Waals surface area contributed by atoms with Gasteiger partial charge in [-0.15, -0.1) is 0 Å². The number of alkyl halides is 1. The summed E-state index contributed by atoms with van der Waals surface area (Å²) in [5.41, 5.74) is 1.03. The number of aliphatic hydroxyl groups excluding tert-OH is 3. The number of ether oxygens (including phenoxy) is 3. The molecule has 3 N–H and O–H groups in total. The van der Waals surface area contributed by atoms with E-state index in [-0.39, 0.29) is 48.3 Å². The first-order valence-electron chi connectivity index (χ1n) is 24.5. The van der Waals surface area contributed by atoms with Crippen LogP contribution < -0.4 is 0 Å². The van der Waals surface area contributed by atoms with E-state index in [1.54, 1.807) is 34.0 Å². The second kappa shape index (κ2) is 26.0. The number of carbonyl (C=O) groups excluding carboxylic acids is 5. The summed E-state index contributed by atoms with van der Waals surface area (Å²) in [4.78, 5) is 66.9. The first kappa shape index (κ1) is 57.1. The molecule has 374 valence electrons. The number of likely N-dealkylation sites (tertiary alicyclic amines) is 1. The summed E-state index contributed by atoms with van der Waals surface area (Å²) in [6.45, 7) is 18.4. The van der Waals surface area contributed by atoms with E-state index in [9.17, 15) is 39.3 Å². The standard InChI is InChI=1S/C53H84FNO11/c1-32(26-35(4)47(60)49(65-12)48(61)36(5)27-33(2)44(58)30-45(59)34(3)28-40-22-24-43(57)46(29-40)64-11)18-14-13-15-19-37(6)52(9,10)31-41-23-21-38(7)53(54,66-41)50(62)51(63)55-25-17-16-20-42(55)39(8)56/h13-15,18-19,27,32-35,38,40-43,45-46,48-49,57,59,61H,16-17,20-26,28-31H2,1-12H3/b15-13+,18-14+,36-27+,37-19+. The maximum atomic E-state index is 16.5. The molecule has 3 fully saturated rings. The number of amides is 1. The van der Waals surface area contributed by atoms with Crippen LogP contribution in [-0.4, -0.2) is 119 Å². The number of carbonyl (C=O) groups is 5. The third-order valence-corrected chi connectivity index (χ3v) is 14.9. The molecule has 1 amide bonds. The summed E-state index contributed by atoms with van der Waals surface area (Å²) >= 11 is 0. The Morgan fingerprint density at radius 1 is 0.939 bits per heavy atom. The van der Waals surface area contributed by atoms with E-state index in [0.29, 0.717) is 56.4 Å². The Kier molecular flexibility index (Phi) is 22.5. The largest absolute Gasteiger partial charge is 0.392 e. The van der Waals surface area contributed by atoms with E-state index in [1.807, 2.05) is 71.9 Å². The average Bonchev–Trinajstić information content (AvgIpc) is 3.27. The van der Waals surface area contributed by atoms with Crippen molar-refractivity contribution in [1.82, 2.24) is 4.90 Å². The number of allylic oxidation sites excluding steroid dienone is 7. The van der Waals surface area contributed by atoms with Crippen molar-refractivity contribution in [2.24, 2.45) is 40.9 Å². The van der Waals surface area contributed by atoms with Gasteiger partial charge in [-0.25, -0.2) is 4.39 Å². The molecule has 0 radical (unpaired) electrons. The van der Waals surface area contributed by atoms with Crippen molar-refractivity contribution in [3.05, 3.63) is 47.6 Å². The molecular weight excluding hydrogens is 846 g/mol. The highest BCUT2D eigenvalue weighted by molar-refractivity contribution is 6.39. The van der Waals surface area contributed by atoms with Gasteiger partial charge in [-0.3, -0.25) is 24.0 Å². The number of halogens is 1. The van der Waals surface area contributed by atoms with Gasteiger partial charge in [-0.05, 0) is 120 Å². The van der Waals surface area contributed by atoms with Crippen LogP contribution in [0.2, 0.25) is 0 Å². The SMILES string of the molecule is COC1CC(CC(C)C(O)CC(=O)C(C)/C=C(\C)C(O)C(OC)C(=O)C(C)CC(C)/C=C/C=C/C=C(\C)C(C)(C)CC2CCC(C)C(F)(C(=O)C(=O)N3CCCCC3C(C)=O)O2)CCC1O. The van der Waals surface area contributed by atoms with Crippen LogP contribution in [0.5, 0.6) is 0 Å². The Morgan fingerprint density at radius 3 is 2.26 bits per heavy atom. The maximum absolute atomic E-state index is 16.5. The van der Waals surface area contributed by atoms with Crippen molar-refractivity contribution in [3.63, 3.8) is 0 Å². The molecule has 1 aliphatic carbocycles. The van der Waals surface area contributed by atoms with Crippen LogP contribution in [0.3, 0.4) is 0 Å². The van der Waals surface area contributed by atoms with E-state index in [2.05, 4.69) is 0 Å². The van der Waals surface area contributed by atoms with Crippen molar-refractivity contribution in [3.8, 4) is 0 Å². The predicted octanol–water partition coefficient (Wildman–Crippen LogP) is 8.19. The fourth-order valence-corrected chi connectivity index (χ4v) is 10.0. The van der Waals surface area contributed by atoms with Crippen molar-refractivity contribution < 1.29 is 57.9 Å². The lowest BCUT2D eigenvalue weighted by Gasteiger charge is -2.42. The maximum Gasteiger partial charge on any atom is 0.296 e. The highest BCUT2D eigenvalue weighted by Crippen LogP contribution is 2.42. The zero-order chi connectivity index (χ0) is 49.7. The van der Waals surface area contributed by atoms with Crippen LogP contribution in [0, 0.1) is 40.9 Å². The van der Waals surface area contributed by atoms with Gasteiger partial charge in [0.1, 0.15) is 18.0 Å². The van der Waals surface area contributed by atoms with Gasteiger partial charge in [0.2, 0.25) is 0 Å². The van der Waals surface area contributed by atoms with Gasteiger partial charge < -0.3 is 34.4 Å². The monoisotopic (exact) mass is 930 g/mol. The minimum Gasteiger partial charge on any atom is -0.392 e. The minimum absolute atomic E-state index is 0.0173. The van der Waals surface area contributed by atoms with Gasteiger partial charge in [0.25, 0.3) is 17.5 Å². The number of aliphatic hydroxyl groups is 3. The molecule has 0 aromatic heterocycles. The van der Waals surface area contributed by atoms with E-state index in [0.717, 1.165) is 31.3 Å². The molecule has 13 heteroatoms. The summed E-state index contributed by atoms with van der Waals surface area (Å²) < 4.78 is 33.3. The number of nitrogens with zero attached hydrogens (tertiary/aromatic N) is 1. The number of hydrogen-bond donors (Lipinski definition) is 3. The Hall–Kier alpha value is -3.20. The molecule has 3 aliphatic rings. The Bertz CT molecular complexity index is 1770. The number of ketones is 4. The van der Waals surface area contributed by atoms with Crippen molar-refractivity contribution in [2.75, 3.05) is 20.8 Å². The average molecular weight is 930 g/mol. The molecule has 0 aromatic carbocycles. The molecule has 3 rings (SSSR count). The van der Waals surface area contributed by atoms with Crippen LogP contribution >= 0.6 is 0 Å². The lowest BCUT2D eigenvalue weighted by atomic mass is 9.77. The molecule has 1 saturated carbocycles. The van der Waals surface area contributed by atoms with Gasteiger partial charge in [0, 0.05) is 44.9 Å². The van der Waals surface area contributed by atoms with Crippen molar-refractivity contribution in [2.45, 2.75) is 195 Å². The zero-order valence-electron chi connectivity index (χ0n) is 42.1. The summed E-state index contributed by atoms with van der Waals surface area (Å²) in [6.07, 6.45) is 13.5. The highest BCUT2D eigenvalue weighted by Gasteiger charge is 2.54. The first-order valence-corrected chi connectivity index (χ1v) is 24.5. The number of methoxy groups -OCH3 is 2. The van der Waals surface area contributed by atoms with E-state index in [1.165, 1.54) is 18.9 Å². The zero-order valence-corrected chi connectivity index (χ0v) is 42.1. The Balaban J connectivity index is 1.51. The second-order valence-electron chi connectivity index (χ2n) is 20.8. The third kappa shape index (κ3) is 15.7. The van der Waals surface area contributed by atoms with Crippen LogP contribution in [0.25, 0.3) is 0 Å². The lowest BCUT2D eigenvalue weighted by Crippen LogP contribution is -2.58. The molecule has 14 atom stereocenters. The normalized spacial score (nSPS) is 29.2. The summed E-state index contributed by atoms with van der Waals surface area (Å²) in [5, 5.41) is 32.3. The minimum atomic E-state index is -2.76. The topological polar surface area (TPSA) is 177 Å². The molecular formula is C53H84FNO11. The van der Waals surface area contributed by atoms with Crippen molar-refractivity contribution in [1.29, 1.82) is 0 Å². The highest BCUT2D eigenvalue weighted by atomic mass is 19.2. The van der Waals surface area contributed by atoms with Gasteiger partial charge in [-0.1, -0.05) is 90.5 Å². The molecule has 0 bridgehead atoms. The lowest BCUT2D eigenvalue weighted by molar-refractivity contribution is -0.231. The molecule has 0 spiro atoms. The Labute approximate surface area is 394 Å². The quantitative estimate of drug-likeness (QED) is 0.0483. The molecule has 66 heavy (non-hydrogen) atoms. The molecule has 0 aromatic rings. The molecule has 2 heterocycles. The molecule has 12 nitrogen and oxygen atoms in total. The van der Waals surface area contributed by atoms with Gasteiger partial charge >= 0.3 is 0 Å². The molecule has 2 saturated heterocycles. The van der Waals surface area contributed by atoms with E-state index in [4.69, 9.17) is 14.2 Å². The van der Waals surface area contributed by atoms with Crippen molar-refractivity contribution >= 4 is 29.0 Å². The fraction of sp³-hybridized carbons (Fsp3) is 0.755. The van der Waals surface area contributed by atoms with E-state index < -0.39 is 77.3 Å². The Morgan fingerprint density at radius 2 is 1.62 bits per heavy atom. The number of Topliss-reactive ketones (excluding diaryl/α,β-unsaturated/α-hetero) is 4. The van der Waals surface area contributed by atoms with Gasteiger partial charge in [-0.2, -0.15) is 0 Å². The summed E-state index contributed by atoms with van der Waals surface area (Å²) in [6, 6.07) is -0.717. The summed E-state index contributed by atoms with van der Waals surface area (Å²) in [7, 11) is 2.98. The fourth-order valence-electron chi connectivity index (χ4n) is 10.0.